The fraction of sp³-hybridized carbons (Fsp3) is 0.200. The molecule has 102 valence electrons. The van der Waals surface area contributed by atoms with Crippen LogP contribution in [-0.2, 0) is 13.1 Å². The largest absolute Gasteiger partial charge is 0.342 e. The molecule has 0 aliphatic heterocycles. The maximum atomic E-state index is 11.2. The third-order valence-electron chi connectivity index (χ3n) is 3.37. The second-order valence-electron chi connectivity index (χ2n) is 4.70. The Labute approximate surface area is 121 Å². The first-order valence-electron chi connectivity index (χ1n) is 6.46. The highest BCUT2D eigenvalue weighted by Crippen LogP contribution is 2.24. The number of carbonyl (C=O) groups is 1. The van der Waals surface area contributed by atoms with Crippen LogP contribution >= 0.6 is 11.6 Å². The Morgan fingerprint density at radius 2 is 2.20 bits per heavy atom. The second kappa shape index (κ2) is 5.13. The average Bonchev–Trinajstić information content (AvgIpc) is 3.04. The number of aromatic nitrogens is 3. The van der Waals surface area contributed by atoms with Crippen molar-refractivity contribution in [2.24, 2.45) is 0 Å². The minimum atomic E-state index is 0.665. The van der Waals surface area contributed by atoms with E-state index >= 15 is 0 Å². The van der Waals surface area contributed by atoms with Crippen molar-refractivity contribution in [3.05, 3.63) is 52.9 Å². The Morgan fingerprint density at radius 3 is 2.90 bits per heavy atom. The SMILES string of the molecule is CCn1cc(Cn2cc(C=O)c3ccc(Cl)cc32)cn1. The summed E-state index contributed by atoms with van der Waals surface area (Å²) < 4.78 is 3.91. The number of aryl methyl sites for hydroxylation is 1. The van der Waals surface area contributed by atoms with Gasteiger partial charge in [0.1, 0.15) is 0 Å². The van der Waals surface area contributed by atoms with Crippen molar-refractivity contribution >= 4 is 28.8 Å². The summed E-state index contributed by atoms with van der Waals surface area (Å²) >= 11 is 6.05. The van der Waals surface area contributed by atoms with E-state index in [9.17, 15) is 4.79 Å². The lowest BCUT2D eigenvalue weighted by atomic mass is 10.2. The molecule has 0 N–H and O–H groups in total. The van der Waals surface area contributed by atoms with Crippen LogP contribution in [0.5, 0.6) is 0 Å². The molecule has 0 spiro atoms. The summed E-state index contributed by atoms with van der Waals surface area (Å²) in [6.45, 7) is 3.56. The summed E-state index contributed by atoms with van der Waals surface area (Å²) in [7, 11) is 0. The molecule has 4 nitrogen and oxygen atoms in total. The molecular weight excluding hydrogens is 274 g/mol. The third kappa shape index (κ3) is 2.23. The van der Waals surface area contributed by atoms with Crippen molar-refractivity contribution in [3.63, 3.8) is 0 Å². The molecule has 5 heteroatoms. The fourth-order valence-corrected chi connectivity index (χ4v) is 2.54. The summed E-state index contributed by atoms with van der Waals surface area (Å²) in [4.78, 5) is 11.2. The summed E-state index contributed by atoms with van der Waals surface area (Å²) in [6.07, 6.45) is 6.59. The minimum absolute atomic E-state index is 0.665. The highest BCUT2D eigenvalue weighted by Gasteiger charge is 2.09. The molecule has 0 bridgehead atoms. The molecule has 0 unspecified atom stereocenters. The minimum Gasteiger partial charge on any atom is -0.342 e. The molecule has 0 atom stereocenters. The zero-order valence-electron chi connectivity index (χ0n) is 11.1. The zero-order chi connectivity index (χ0) is 14.1. The van der Waals surface area contributed by atoms with Crippen LogP contribution in [0.15, 0.2) is 36.8 Å². The Bertz CT molecular complexity index is 773. The van der Waals surface area contributed by atoms with Gasteiger partial charge in [0.15, 0.2) is 6.29 Å². The van der Waals surface area contributed by atoms with E-state index in [-0.39, 0.29) is 0 Å². The van der Waals surface area contributed by atoms with Crippen molar-refractivity contribution in [1.29, 1.82) is 0 Å². The lowest BCUT2D eigenvalue weighted by molar-refractivity contribution is 0.112. The van der Waals surface area contributed by atoms with Gasteiger partial charge in [-0.1, -0.05) is 17.7 Å². The van der Waals surface area contributed by atoms with Gasteiger partial charge in [-0.25, -0.2) is 0 Å². The molecule has 20 heavy (non-hydrogen) atoms. The van der Waals surface area contributed by atoms with Gasteiger partial charge < -0.3 is 4.57 Å². The molecule has 0 aliphatic rings. The Balaban J connectivity index is 2.06. The molecule has 3 aromatic rings. The van der Waals surface area contributed by atoms with E-state index in [1.54, 1.807) is 6.07 Å². The van der Waals surface area contributed by atoms with E-state index in [0.29, 0.717) is 17.1 Å². The summed E-state index contributed by atoms with van der Waals surface area (Å²) in [5.74, 6) is 0. The molecule has 1 aromatic carbocycles. The quantitative estimate of drug-likeness (QED) is 0.690. The third-order valence-corrected chi connectivity index (χ3v) is 3.60. The first-order chi connectivity index (χ1) is 9.71. The van der Waals surface area contributed by atoms with Crippen molar-refractivity contribution in [2.75, 3.05) is 0 Å². The zero-order valence-corrected chi connectivity index (χ0v) is 11.8. The van der Waals surface area contributed by atoms with Crippen LogP contribution in [0.25, 0.3) is 10.9 Å². The maximum absolute atomic E-state index is 11.2. The number of benzene rings is 1. The summed E-state index contributed by atoms with van der Waals surface area (Å²) in [5.41, 5.74) is 2.74. The van der Waals surface area contributed by atoms with Crippen molar-refractivity contribution < 1.29 is 4.79 Å². The fourth-order valence-electron chi connectivity index (χ4n) is 2.38. The monoisotopic (exact) mass is 287 g/mol. The average molecular weight is 288 g/mol. The van der Waals surface area contributed by atoms with E-state index in [4.69, 9.17) is 11.6 Å². The Hall–Kier alpha value is -2.07. The Morgan fingerprint density at radius 1 is 1.35 bits per heavy atom. The number of hydrogen-bond acceptors (Lipinski definition) is 2. The maximum Gasteiger partial charge on any atom is 0.152 e. The van der Waals surface area contributed by atoms with Crippen molar-refractivity contribution in [3.8, 4) is 0 Å². The van der Waals surface area contributed by atoms with Gasteiger partial charge >= 0.3 is 0 Å². The van der Waals surface area contributed by atoms with E-state index in [1.165, 1.54) is 0 Å². The van der Waals surface area contributed by atoms with Crippen LogP contribution in [0, 0.1) is 0 Å². The molecule has 0 radical (unpaired) electrons. The molecule has 0 amide bonds. The number of fused-ring (bicyclic) bond motifs is 1. The van der Waals surface area contributed by atoms with Gasteiger partial charge in [-0.05, 0) is 19.1 Å². The molecular formula is C15H14ClN3O. The van der Waals surface area contributed by atoms with Crippen LogP contribution < -0.4 is 0 Å². The standard InChI is InChI=1S/C15H14ClN3O/c1-2-19-8-11(6-17-19)7-18-9-12(10-20)14-4-3-13(16)5-15(14)18/h3-6,8-10H,2,7H2,1H3. The Kier molecular flexibility index (Phi) is 3.32. The van der Waals surface area contributed by atoms with Gasteiger partial charge in [0.05, 0.1) is 18.3 Å². The lowest BCUT2D eigenvalue weighted by Crippen LogP contribution is -1.97. The van der Waals surface area contributed by atoms with Crippen LogP contribution in [0.1, 0.15) is 22.8 Å². The number of carbonyl (C=O) groups excluding carboxylic acids is 1. The molecule has 0 aliphatic carbocycles. The van der Waals surface area contributed by atoms with Crippen molar-refractivity contribution in [1.82, 2.24) is 14.3 Å². The van der Waals surface area contributed by atoms with Crippen LogP contribution in [-0.4, -0.2) is 20.6 Å². The summed E-state index contributed by atoms with van der Waals surface area (Å²) in [5, 5.41) is 5.85. The predicted octanol–water partition coefficient (Wildman–Crippen LogP) is 3.37. The molecule has 0 saturated heterocycles. The number of rotatable bonds is 4. The summed E-state index contributed by atoms with van der Waals surface area (Å²) in [6, 6.07) is 5.57. The number of hydrogen-bond donors (Lipinski definition) is 0. The van der Waals surface area contributed by atoms with Crippen LogP contribution in [0.2, 0.25) is 5.02 Å². The van der Waals surface area contributed by atoms with Gasteiger partial charge in [-0.2, -0.15) is 5.10 Å². The highest BCUT2D eigenvalue weighted by molar-refractivity contribution is 6.31. The van der Waals surface area contributed by atoms with Gasteiger partial charge in [-0.3, -0.25) is 9.48 Å². The first-order valence-corrected chi connectivity index (χ1v) is 6.84. The smallest absolute Gasteiger partial charge is 0.152 e. The van der Waals surface area contributed by atoms with Gasteiger partial charge in [0.2, 0.25) is 0 Å². The lowest BCUT2D eigenvalue weighted by Gasteiger charge is -2.03. The van der Waals surface area contributed by atoms with Gasteiger partial charge in [-0.15, -0.1) is 0 Å². The predicted molar refractivity (Wildman–Crippen MR) is 79.3 cm³/mol. The molecule has 0 fully saturated rings. The van der Waals surface area contributed by atoms with E-state index in [1.807, 2.05) is 46.9 Å². The number of aldehydes is 1. The number of nitrogens with zero attached hydrogens (tertiary/aromatic N) is 3. The number of halogens is 1. The molecule has 3 rings (SSSR count). The van der Waals surface area contributed by atoms with Crippen molar-refractivity contribution in [2.45, 2.75) is 20.0 Å². The van der Waals surface area contributed by atoms with E-state index in [0.717, 1.165) is 29.3 Å². The van der Waals surface area contributed by atoms with Gasteiger partial charge in [0, 0.05) is 40.5 Å². The van der Waals surface area contributed by atoms with Gasteiger partial charge in [0.25, 0.3) is 0 Å². The first kappa shape index (κ1) is 12.9. The molecule has 0 saturated carbocycles. The second-order valence-corrected chi connectivity index (χ2v) is 5.13. The van der Waals surface area contributed by atoms with Crippen LogP contribution in [0.4, 0.5) is 0 Å². The van der Waals surface area contributed by atoms with Crippen LogP contribution in [0.3, 0.4) is 0 Å². The highest BCUT2D eigenvalue weighted by atomic mass is 35.5. The topological polar surface area (TPSA) is 39.8 Å². The van der Waals surface area contributed by atoms with E-state index < -0.39 is 0 Å². The normalized spacial score (nSPS) is 11.1. The molecule has 2 aromatic heterocycles. The van der Waals surface area contributed by atoms with E-state index in [2.05, 4.69) is 5.10 Å². The molecule has 2 heterocycles.